The van der Waals surface area contributed by atoms with E-state index in [1.54, 1.807) is 0 Å². The minimum Gasteiger partial charge on any atom is -0.493 e. The van der Waals surface area contributed by atoms with E-state index in [9.17, 15) is 14.4 Å². The number of rotatable bonds is 6. The lowest BCUT2D eigenvalue weighted by atomic mass is 10.1. The molecule has 0 fully saturated rings. The summed E-state index contributed by atoms with van der Waals surface area (Å²) in [6.45, 7) is 0.244. The first-order valence-electron chi connectivity index (χ1n) is 8.65. The molecule has 0 radical (unpaired) electrons. The van der Waals surface area contributed by atoms with Crippen LogP contribution in [0.2, 0.25) is 0 Å². The molecule has 1 aliphatic rings. The molecule has 2 aromatic carbocycles. The number of nitrogens with one attached hydrogen (secondary N) is 1. The van der Waals surface area contributed by atoms with Crippen molar-refractivity contribution in [3.05, 3.63) is 47.5 Å². The molecule has 0 unspecified atom stereocenters. The largest absolute Gasteiger partial charge is 0.493 e. The Morgan fingerprint density at radius 3 is 2.38 bits per heavy atom. The highest BCUT2D eigenvalue weighted by molar-refractivity contribution is 5.96. The van der Waals surface area contributed by atoms with Gasteiger partial charge < -0.3 is 29.0 Å². The summed E-state index contributed by atoms with van der Waals surface area (Å²) in [6, 6.07) is 9.03. The van der Waals surface area contributed by atoms with Gasteiger partial charge in [-0.15, -0.1) is 0 Å². The van der Waals surface area contributed by atoms with E-state index in [0.717, 1.165) is 0 Å². The van der Waals surface area contributed by atoms with Crippen LogP contribution in [0.5, 0.6) is 17.2 Å². The van der Waals surface area contributed by atoms with Gasteiger partial charge in [0.2, 0.25) is 5.75 Å². The summed E-state index contributed by atoms with van der Waals surface area (Å²) in [5, 5.41) is 2.57. The van der Waals surface area contributed by atoms with Crippen molar-refractivity contribution in [1.82, 2.24) is 0 Å². The van der Waals surface area contributed by atoms with Gasteiger partial charge in [0.05, 0.1) is 25.3 Å². The van der Waals surface area contributed by atoms with Gasteiger partial charge in [-0.1, -0.05) is 0 Å². The molecular weight excluding hydrogens is 382 g/mol. The molecule has 2 aromatic rings. The third kappa shape index (κ3) is 4.75. The number of carbonyl (C=O) groups is 3. The van der Waals surface area contributed by atoms with Gasteiger partial charge in [-0.05, 0) is 36.4 Å². The quantitative estimate of drug-likeness (QED) is 0.733. The number of carbonyl (C=O) groups excluding carboxylic acids is 3. The topological polar surface area (TPSA) is 109 Å². The van der Waals surface area contributed by atoms with Crippen LogP contribution in [-0.2, 0) is 14.3 Å². The lowest BCUT2D eigenvalue weighted by molar-refractivity contribution is -0.119. The zero-order valence-electron chi connectivity index (χ0n) is 15.9. The van der Waals surface area contributed by atoms with Gasteiger partial charge in [0.1, 0.15) is 13.2 Å². The van der Waals surface area contributed by atoms with Gasteiger partial charge in [-0.2, -0.15) is 0 Å². The van der Waals surface area contributed by atoms with Crippen LogP contribution in [-0.4, -0.2) is 51.9 Å². The van der Waals surface area contributed by atoms with Gasteiger partial charge in [0.25, 0.3) is 5.91 Å². The molecule has 1 heterocycles. The van der Waals surface area contributed by atoms with Crippen molar-refractivity contribution >= 4 is 23.5 Å². The molecule has 9 nitrogen and oxygen atoms in total. The number of hydrogen-bond acceptors (Lipinski definition) is 8. The van der Waals surface area contributed by atoms with Crippen LogP contribution in [0.3, 0.4) is 0 Å². The monoisotopic (exact) mass is 401 g/mol. The van der Waals surface area contributed by atoms with Crippen LogP contribution in [0.4, 0.5) is 5.69 Å². The van der Waals surface area contributed by atoms with Crippen LogP contribution in [0.1, 0.15) is 20.7 Å². The van der Waals surface area contributed by atoms with Crippen molar-refractivity contribution < 1.29 is 38.1 Å². The normalized spacial score (nSPS) is 11.9. The van der Waals surface area contributed by atoms with Crippen LogP contribution in [0.15, 0.2) is 36.4 Å². The molecule has 0 atom stereocenters. The second-order valence-electron chi connectivity index (χ2n) is 5.90. The Balaban J connectivity index is 1.59. The Labute approximate surface area is 166 Å². The van der Waals surface area contributed by atoms with E-state index >= 15 is 0 Å². The maximum atomic E-state index is 12.3. The molecule has 0 aromatic heterocycles. The number of anilines is 1. The molecular formula is C20H19NO8. The maximum Gasteiger partial charge on any atom is 0.338 e. The summed E-state index contributed by atoms with van der Waals surface area (Å²) in [4.78, 5) is 35.7. The zero-order chi connectivity index (χ0) is 20.8. The Kier molecular flexibility index (Phi) is 6.18. The van der Waals surface area contributed by atoms with Gasteiger partial charge in [0, 0.05) is 5.69 Å². The summed E-state index contributed by atoms with van der Waals surface area (Å²) < 4.78 is 25.8. The van der Waals surface area contributed by atoms with Crippen molar-refractivity contribution in [2.45, 2.75) is 0 Å². The Morgan fingerprint density at radius 1 is 0.966 bits per heavy atom. The highest BCUT2D eigenvalue weighted by Crippen LogP contribution is 2.40. The summed E-state index contributed by atoms with van der Waals surface area (Å²) in [5.74, 6) is -0.595. The fourth-order valence-electron chi connectivity index (χ4n) is 2.61. The van der Waals surface area contributed by atoms with Crippen molar-refractivity contribution in [2.24, 2.45) is 0 Å². The second-order valence-corrected chi connectivity index (χ2v) is 5.90. The van der Waals surface area contributed by atoms with E-state index in [-0.39, 0.29) is 5.56 Å². The van der Waals surface area contributed by atoms with Crippen LogP contribution < -0.4 is 19.5 Å². The number of hydrogen-bond donors (Lipinski definition) is 1. The molecule has 0 aliphatic carbocycles. The van der Waals surface area contributed by atoms with Gasteiger partial charge in [0.15, 0.2) is 18.1 Å². The predicted molar refractivity (Wildman–Crippen MR) is 101 cm³/mol. The molecule has 1 amide bonds. The molecule has 0 spiro atoms. The maximum absolute atomic E-state index is 12.3. The summed E-state index contributed by atoms with van der Waals surface area (Å²) >= 11 is 0. The highest BCUT2D eigenvalue weighted by Gasteiger charge is 2.22. The molecule has 9 heteroatoms. The van der Waals surface area contributed by atoms with Gasteiger partial charge >= 0.3 is 11.9 Å². The smallest absolute Gasteiger partial charge is 0.338 e. The number of benzene rings is 2. The lowest BCUT2D eigenvalue weighted by Gasteiger charge is -2.21. The second kappa shape index (κ2) is 8.96. The molecule has 1 N–H and O–H groups in total. The number of ether oxygens (including phenoxy) is 5. The van der Waals surface area contributed by atoms with Crippen molar-refractivity contribution in [1.29, 1.82) is 0 Å². The van der Waals surface area contributed by atoms with E-state index in [0.29, 0.717) is 41.7 Å². The third-order valence-electron chi connectivity index (χ3n) is 3.99. The number of amides is 1. The van der Waals surface area contributed by atoms with Gasteiger partial charge in [-0.3, -0.25) is 4.79 Å². The molecule has 0 bridgehead atoms. The minimum atomic E-state index is -0.712. The number of fused-ring (bicyclic) bond motifs is 1. The standard InChI is InChI=1S/C20H19NO8/c1-25-15-9-13(10-16-18(15)28-8-7-27-16)20(24)29-11-17(22)21-14-5-3-12(4-6-14)19(23)26-2/h3-6,9-10H,7-8,11H2,1-2H3,(H,21,22). The first-order valence-corrected chi connectivity index (χ1v) is 8.65. The van der Waals surface area contributed by atoms with Gasteiger partial charge in [-0.25, -0.2) is 9.59 Å². The van der Waals surface area contributed by atoms with E-state index in [1.165, 1.54) is 50.6 Å². The average molecular weight is 401 g/mol. The third-order valence-corrected chi connectivity index (χ3v) is 3.99. The molecule has 29 heavy (non-hydrogen) atoms. The fourth-order valence-corrected chi connectivity index (χ4v) is 2.61. The molecule has 152 valence electrons. The summed E-state index contributed by atoms with van der Waals surface area (Å²) in [7, 11) is 2.73. The Hall–Kier alpha value is -3.75. The Morgan fingerprint density at radius 2 is 1.69 bits per heavy atom. The zero-order valence-corrected chi connectivity index (χ0v) is 15.9. The predicted octanol–water partition coefficient (Wildman–Crippen LogP) is 2.05. The first-order chi connectivity index (χ1) is 14.0. The van der Waals surface area contributed by atoms with E-state index < -0.39 is 24.5 Å². The molecule has 3 rings (SSSR count). The average Bonchev–Trinajstić information content (AvgIpc) is 2.76. The van der Waals surface area contributed by atoms with E-state index in [2.05, 4.69) is 10.1 Å². The van der Waals surface area contributed by atoms with Crippen molar-refractivity contribution in [3.63, 3.8) is 0 Å². The molecule has 0 saturated heterocycles. The minimum absolute atomic E-state index is 0.168. The van der Waals surface area contributed by atoms with Crippen LogP contribution >= 0.6 is 0 Å². The SMILES string of the molecule is COC(=O)c1ccc(NC(=O)COC(=O)c2cc(OC)c3c(c2)OCCO3)cc1. The summed E-state index contributed by atoms with van der Waals surface area (Å²) in [5.41, 5.74) is 0.963. The summed E-state index contributed by atoms with van der Waals surface area (Å²) in [6.07, 6.45) is 0. The number of methoxy groups -OCH3 is 2. The van der Waals surface area contributed by atoms with Crippen LogP contribution in [0, 0.1) is 0 Å². The van der Waals surface area contributed by atoms with Crippen molar-refractivity contribution in [2.75, 3.05) is 39.4 Å². The van der Waals surface area contributed by atoms with Crippen molar-refractivity contribution in [3.8, 4) is 17.2 Å². The Bertz CT molecular complexity index is 906. The lowest BCUT2D eigenvalue weighted by Crippen LogP contribution is -2.21. The van der Waals surface area contributed by atoms with Crippen LogP contribution in [0.25, 0.3) is 0 Å². The highest BCUT2D eigenvalue weighted by atomic mass is 16.6. The fraction of sp³-hybridized carbons (Fsp3) is 0.250. The molecule has 1 aliphatic heterocycles. The number of esters is 2. The van der Waals surface area contributed by atoms with E-state index in [1.807, 2.05) is 0 Å². The molecule has 0 saturated carbocycles. The van der Waals surface area contributed by atoms with E-state index in [4.69, 9.17) is 18.9 Å². The first kappa shape index (κ1) is 20.0.